The zero-order valence-corrected chi connectivity index (χ0v) is 8.75. The molecule has 0 aliphatic carbocycles. The van der Waals surface area contributed by atoms with Crippen LogP contribution in [0.15, 0.2) is 12.3 Å². The minimum Gasteiger partial charge on any atom is -0.315 e. The van der Waals surface area contributed by atoms with E-state index in [9.17, 15) is 0 Å². The Hall–Kier alpha value is -0.830. The molecule has 1 heterocycles. The molecule has 0 amide bonds. The molecular formula is C10H19N3. The minimum atomic E-state index is 0.587. The predicted molar refractivity (Wildman–Crippen MR) is 54.7 cm³/mol. The van der Waals surface area contributed by atoms with E-state index in [1.54, 1.807) is 0 Å². The summed E-state index contributed by atoms with van der Waals surface area (Å²) in [5.41, 5.74) is 1.19. The van der Waals surface area contributed by atoms with E-state index < -0.39 is 0 Å². The van der Waals surface area contributed by atoms with Gasteiger partial charge in [0.25, 0.3) is 0 Å². The second kappa shape index (κ2) is 5.02. The van der Waals surface area contributed by atoms with Gasteiger partial charge in [-0.15, -0.1) is 0 Å². The van der Waals surface area contributed by atoms with Gasteiger partial charge in [0.1, 0.15) is 0 Å². The molecule has 1 N–H and O–H groups in total. The smallest absolute Gasteiger partial charge is 0.0624 e. The third-order valence-corrected chi connectivity index (χ3v) is 1.93. The second-order valence-corrected chi connectivity index (χ2v) is 3.69. The largest absolute Gasteiger partial charge is 0.315 e. The van der Waals surface area contributed by atoms with Crippen LogP contribution in [0.4, 0.5) is 0 Å². The Morgan fingerprint density at radius 3 is 2.85 bits per heavy atom. The number of nitrogens with one attached hydrogen (secondary N) is 1. The van der Waals surface area contributed by atoms with E-state index in [0.717, 1.165) is 19.4 Å². The van der Waals surface area contributed by atoms with Gasteiger partial charge in [0.15, 0.2) is 0 Å². The van der Waals surface area contributed by atoms with Crippen LogP contribution in [0.25, 0.3) is 0 Å². The van der Waals surface area contributed by atoms with Crippen molar-refractivity contribution < 1.29 is 0 Å². The van der Waals surface area contributed by atoms with E-state index in [1.165, 1.54) is 5.69 Å². The predicted octanol–water partition coefficient (Wildman–Crippen LogP) is 1.35. The zero-order valence-electron chi connectivity index (χ0n) is 8.75. The van der Waals surface area contributed by atoms with Gasteiger partial charge in [-0.1, -0.05) is 13.8 Å². The summed E-state index contributed by atoms with van der Waals surface area (Å²) in [5.74, 6) is 0. The number of rotatable bonds is 5. The Labute approximate surface area is 80.1 Å². The van der Waals surface area contributed by atoms with Crippen molar-refractivity contribution >= 4 is 0 Å². The van der Waals surface area contributed by atoms with Crippen LogP contribution in [0.1, 0.15) is 26.0 Å². The molecule has 1 rings (SSSR count). The molecular weight excluding hydrogens is 162 g/mol. The van der Waals surface area contributed by atoms with Crippen LogP contribution in [-0.2, 0) is 13.5 Å². The molecule has 0 atom stereocenters. The summed E-state index contributed by atoms with van der Waals surface area (Å²) in [6, 6.07) is 2.67. The highest BCUT2D eigenvalue weighted by atomic mass is 15.2. The van der Waals surface area contributed by atoms with Crippen molar-refractivity contribution in [3.05, 3.63) is 18.0 Å². The lowest BCUT2D eigenvalue weighted by Crippen LogP contribution is -2.23. The first-order valence-corrected chi connectivity index (χ1v) is 4.90. The second-order valence-electron chi connectivity index (χ2n) is 3.69. The summed E-state index contributed by atoms with van der Waals surface area (Å²) >= 11 is 0. The minimum absolute atomic E-state index is 0.587. The molecule has 0 aliphatic heterocycles. The molecule has 0 unspecified atom stereocenters. The average molecular weight is 181 g/mol. The Kier molecular flexibility index (Phi) is 3.96. The van der Waals surface area contributed by atoms with E-state index in [2.05, 4.69) is 30.3 Å². The maximum absolute atomic E-state index is 4.32. The van der Waals surface area contributed by atoms with Crippen LogP contribution in [0.3, 0.4) is 0 Å². The third-order valence-electron chi connectivity index (χ3n) is 1.93. The van der Waals surface area contributed by atoms with Crippen molar-refractivity contribution in [1.82, 2.24) is 15.1 Å². The fourth-order valence-electron chi connectivity index (χ4n) is 1.26. The van der Waals surface area contributed by atoms with Gasteiger partial charge >= 0.3 is 0 Å². The molecule has 0 bridgehead atoms. The SMILES string of the molecule is CC(C)NCCCc1ccn(C)n1. The molecule has 13 heavy (non-hydrogen) atoms. The highest BCUT2D eigenvalue weighted by Crippen LogP contribution is 1.97. The lowest BCUT2D eigenvalue weighted by molar-refractivity contribution is 0.566. The molecule has 0 aliphatic rings. The van der Waals surface area contributed by atoms with E-state index in [-0.39, 0.29) is 0 Å². The zero-order chi connectivity index (χ0) is 9.68. The fourth-order valence-corrected chi connectivity index (χ4v) is 1.26. The van der Waals surface area contributed by atoms with Crippen molar-refractivity contribution in [1.29, 1.82) is 0 Å². The molecule has 0 saturated heterocycles. The lowest BCUT2D eigenvalue weighted by atomic mass is 10.2. The Bertz CT molecular complexity index is 240. The Morgan fingerprint density at radius 1 is 1.54 bits per heavy atom. The maximum Gasteiger partial charge on any atom is 0.0624 e. The number of nitrogens with zero attached hydrogens (tertiary/aromatic N) is 2. The van der Waals surface area contributed by atoms with Crippen LogP contribution in [0.2, 0.25) is 0 Å². The Morgan fingerprint density at radius 2 is 2.31 bits per heavy atom. The van der Waals surface area contributed by atoms with Crippen molar-refractivity contribution in [2.45, 2.75) is 32.7 Å². The first kappa shape index (κ1) is 10.3. The quantitative estimate of drug-likeness (QED) is 0.695. The molecule has 0 fully saturated rings. The van der Waals surface area contributed by atoms with Gasteiger partial charge in [-0.25, -0.2) is 0 Å². The van der Waals surface area contributed by atoms with E-state index in [4.69, 9.17) is 0 Å². The van der Waals surface area contributed by atoms with E-state index >= 15 is 0 Å². The highest BCUT2D eigenvalue weighted by molar-refractivity contribution is 4.98. The number of hydrogen-bond acceptors (Lipinski definition) is 2. The third kappa shape index (κ3) is 4.08. The average Bonchev–Trinajstić information content (AvgIpc) is 2.45. The first-order chi connectivity index (χ1) is 6.18. The molecule has 0 radical (unpaired) electrons. The molecule has 0 saturated carbocycles. The van der Waals surface area contributed by atoms with Crippen LogP contribution >= 0.6 is 0 Å². The molecule has 1 aromatic rings. The monoisotopic (exact) mass is 181 g/mol. The number of aryl methyl sites for hydroxylation is 2. The van der Waals surface area contributed by atoms with Gasteiger partial charge in [-0.2, -0.15) is 5.10 Å². The van der Waals surface area contributed by atoms with Crippen molar-refractivity contribution in [3.63, 3.8) is 0 Å². The summed E-state index contributed by atoms with van der Waals surface area (Å²) in [6.45, 7) is 5.41. The number of hydrogen-bond donors (Lipinski definition) is 1. The van der Waals surface area contributed by atoms with Gasteiger partial charge in [-0.3, -0.25) is 4.68 Å². The molecule has 3 nitrogen and oxygen atoms in total. The van der Waals surface area contributed by atoms with Gasteiger partial charge in [0.05, 0.1) is 5.69 Å². The summed E-state index contributed by atoms with van der Waals surface area (Å²) in [4.78, 5) is 0. The summed E-state index contributed by atoms with van der Waals surface area (Å²) < 4.78 is 1.85. The summed E-state index contributed by atoms with van der Waals surface area (Å²) in [6.07, 6.45) is 4.22. The van der Waals surface area contributed by atoms with E-state index in [0.29, 0.717) is 6.04 Å². The first-order valence-electron chi connectivity index (χ1n) is 4.90. The summed E-state index contributed by atoms with van der Waals surface area (Å²) in [7, 11) is 1.95. The van der Waals surface area contributed by atoms with Crippen LogP contribution < -0.4 is 5.32 Å². The van der Waals surface area contributed by atoms with E-state index in [1.807, 2.05) is 17.9 Å². The van der Waals surface area contributed by atoms with Crippen molar-refractivity contribution in [3.8, 4) is 0 Å². The summed E-state index contributed by atoms with van der Waals surface area (Å²) in [5, 5.41) is 7.70. The molecule has 74 valence electrons. The maximum atomic E-state index is 4.32. The Balaban J connectivity index is 2.13. The van der Waals surface area contributed by atoms with Gasteiger partial charge < -0.3 is 5.32 Å². The fraction of sp³-hybridized carbons (Fsp3) is 0.700. The van der Waals surface area contributed by atoms with Gasteiger partial charge in [0, 0.05) is 19.3 Å². The van der Waals surface area contributed by atoms with Crippen molar-refractivity contribution in [2.75, 3.05) is 6.54 Å². The molecule has 1 aromatic heterocycles. The van der Waals surface area contributed by atoms with Crippen LogP contribution in [-0.4, -0.2) is 22.4 Å². The molecule has 3 heteroatoms. The highest BCUT2D eigenvalue weighted by Gasteiger charge is 1.96. The number of aromatic nitrogens is 2. The lowest BCUT2D eigenvalue weighted by Gasteiger charge is -2.06. The van der Waals surface area contributed by atoms with Gasteiger partial charge in [0.2, 0.25) is 0 Å². The van der Waals surface area contributed by atoms with Gasteiger partial charge in [-0.05, 0) is 25.5 Å². The van der Waals surface area contributed by atoms with Crippen LogP contribution in [0.5, 0.6) is 0 Å². The standard InChI is InChI=1S/C10H19N3/c1-9(2)11-7-4-5-10-6-8-13(3)12-10/h6,8-9,11H,4-5,7H2,1-3H3. The normalized spacial score (nSPS) is 11.1. The van der Waals surface area contributed by atoms with Crippen molar-refractivity contribution in [2.24, 2.45) is 7.05 Å². The molecule has 0 aromatic carbocycles. The molecule has 0 spiro atoms. The van der Waals surface area contributed by atoms with Crippen LogP contribution in [0, 0.1) is 0 Å². The topological polar surface area (TPSA) is 29.9 Å².